The Hall–Kier alpha value is -3.48. The van der Waals surface area contributed by atoms with Gasteiger partial charge < -0.3 is 9.64 Å². The van der Waals surface area contributed by atoms with E-state index in [0.717, 1.165) is 11.1 Å². The molecule has 2 aromatic carbocycles. The summed E-state index contributed by atoms with van der Waals surface area (Å²) >= 11 is 0. The van der Waals surface area contributed by atoms with E-state index in [4.69, 9.17) is 4.74 Å². The molecule has 0 unspecified atom stereocenters. The second kappa shape index (κ2) is 8.26. The van der Waals surface area contributed by atoms with Gasteiger partial charge in [0.2, 0.25) is 5.91 Å². The van der Waals surface area contributed by atoms with Gasteiger partial charge in [0.25, 0.3) is 5.69 Å². The van der Waals surface area contributed by atoms with Gasteiger partial charge in [0.05, 0.1) is 24.2 Å². The zero-order valence-corrected chi connectivity index (χ0v) is 16.5. The number of carbonyl (C=O) groups excluding carboxylic acids is 2. The van der Waals surface area contributed by atoms with Crippen LogP contribution in [0.5, 0.6) is 0 Å². The quantitative estimate of drug-likeness (QED) is 0.436. The Bertz CT molecular complexity index is 1010. The van der Waals surface area contributed by atoms with Crippen molar-refractivity contribution in [1.82, 2.24) is 4.90 Å². The molecular formula is C22H22N2O5. The van der Waals surface area contributed by atoms with Crippen LogP contribution in [0.25, 0.3) is 0 Å². The fourth-order valence-corrected chi connectivity index (χ4v) is 3.70. The number of aryl methyl sites for hydroxylation is 1. The number of ether oxygens (including phenoxy) is 1. The number of allylic oxidation sites excluding steroid dienone is 1. The van der Waals surface area contributed by atoms with Gasteiger partial charge in [-0.1, -0.05) is 42.0 Å². The van der Waals surface area contributed by atoms with Gasteiger partial charge >= 0.3 is 5.97 Å². The Morgan fingerprint density at radius 3 is 2.59 bits per heavy atom. The van der Waals surface area contributed by atoms with Crippen molar-refractivity contribution in [2.45, 2.75) is 32.7 Å². The number of benzene rings is 2. The molecule has 0 saturated carbocycles. The molecule has 1 aliphatic heterocycles. The highest BCUT2D eigenvalue weighted by Gasteiger charge is 2.36. The number of nitrogens with zero attached hydrogens (tertiary/aromatic N) is 2. The van der Waals surface area contributed by atoms with Gasteiger partial charge in [-0.2, -0.15) is 0 Å². The third-order valence-electron chi connectivity index (χ3n) is 5.13. The Morgan fingerprint density at radius 2 is 1.93 bits per heavy atom. The summed E-state index contributed by atoms with van der Waals surface area (Å²) in [6.07, 6.45) is 0.125. The Labute approximate surface area is 168 Å². The predicted molar refractivity (Wildman–Crippen MR) is 107 cm³/mol. The molecule has 0 N–H and O–H groups in total. The molecule has 1 aliphatic rings. The number of carbonyl (C=O) groups is 2. The normalized spacial score (nSPS) is 16.7. The third kappa shape index (κ3) is 4.18. The summed E-state index contributed by atoms with van der Waals surface area (Å²) in [6.45, 7) is 3.81. The minimum absolute atomic E-state index is 0.0422. The topological polar surface area (TPSA) is 89.8 Å². The molecule has 0 saturated heterocycles. The van der Waals surface area contributed by atoms with E-state index in [0.29, 0.717) is 16.8 Å². The molecule has 1 amide bonds. The number of nitro benzene ring substituents is 1. The number of methoxy groups -OCH3 is 1. The smallest absolute Gasteiger partial charge is 0.336 e. The van der Waals surface area contributed by atoms with Crippen LogP contribution >= 0.6 is 0 Å². The zero-order valence-electron chi connectivity index (χ0n) is 16.5. The van der Waals surface area contributed by atoms with E-state index in [9.17, 15) is 19.7 Å². The fourth-order valence-electron chi connectivity index (χ4n) is 3.70. The Balaban J connectivity index is 2.02. The largest absolute Gasteiger partial charge is 0.466 e. The molecule has 3 rings (SSSR count). The molecule has 0 aromatic heterocycles. The van der Waals surface area contributed by atoms with Gasteiger partial charge in [0.15, 0.2) is 0 Å². The molecule has 0 fully saturated rings. The van der Waals surface area contributed by atoms with E-state index in [1.807, 2.05) is 31.2 Å². The van der Waals surface area contributed by atoms with Crippen molar-refractivity contribution in [3.63, 3.8) is 0 Å². The number of hydrogen-bond acceptors (Lipinski definition) is 5. The van der Waals surface area contributed by atoms with Crippen molar-refractivity contribution >= 4 is 17.6 Å². The molecule has 29 heavy (non-hydrogen) atoms. The lowest BCUT2D eigenvalue weighted by atomic mass is 9.83. The standard InChI is InChI=1S/C22H22N2O5/c1-14-6-4-8-17(10-14)19-12-20(25)23(15(2)21(19)22(26)29-3)13-16-7-5-9-18(11-16)24(27)28/h4-11,19H,12-13H2,1-3H3/t19-/m1/s1. The van der Waals surface area contributed by atoms with Crippen molar-refractivity contribution in [2.24, 2.45) is 0 Å². The van der Waals surface area contributed by atoms with Crippen LogP contribution in [0.4, 0.5) is 5.69 Å². The lowest BCUT2D eigenvalue weighted by molar-refractivity contribution is -0.384. The first-order valence-corrected chi connectivity index (χ1v) is 9.21. The molecule has 7 nitrogen and oxygen atoms in total. The number of rotatable bonds is 5. The lowest BCUT2D eigenvalue weighted by Gasteiger charge is -2.34. The monoisotopic (exact) mass is 394 g/mol. The van der Waals surface area contributed by atoms with Gasteiger partial charge in [-0.05, 0) is 25.0 Å². The Morgan fingerprint density at radius 1 is 1.21 bits per heavy atom. The summed E-state index contributed by atoms with van der Waals surface area (Å²) < 4.78 is 5.00. The SMILES string of the molecule is COC(=O)C1=C(C)N(Cc2cccc([N+](=O)[O-])c2)C(=O)C[C@@H]1c1cccc(C)c1. The first-order valence-electron chi connectivity index (χ1n) is 9.21. The molecule has 2 aromatic rings. The number of non-ortho nitro benzene ring substituents is 1. The fraction of sp³-hybridized carbons (Fsp3) is 0.273. The minimum Gasteiger partial charge on any atom is -0.466 e. The van der Waals surface area contributed by atoms with Crippen molar-refractivity contribution in [1.29, 1.82) is 0 Å². The second-order valence-corrected chi connectivity index (χ2v) is 7.07. The molecule has 7 heteroatoms. The van der Waals surface area contributed by atoms with Crippen LogP contribution in [0.15, 0.2) is 59.8 Å². The van der Waals surface area contributed by atoms with Crippen molar-refractivity contribution in [2.75, 3.05) is 7.11 Å². The molecule has 0 bridgehead atoms. The van der Waals surface area contributed by atoms with Crippen molar-refractivity contribution < 1.29 is 19.2 Å². The number of esters is 1. The highest BCUT2D eigenvalue weighted by atomic mass is 16.6. The number of nitro groups is 1. The van der Waals surface area contributed by atoms with Gasteiger partial charge in [0.1, 0.15) is 0 Å². The second-order valence-electron chi connectivity index (χ2n) is 7.07. The molecule has 1 heterocycles. The van der Waals surface area contributed by atoms with Gasteiger partial charge in [-0.3, -0.25) is 14.9 Å². The van der Waals surface area contributed by atoms with Crippen molar-refractivity contribution in [3.8, 4) is 0 Å². The van der Waals surface area contributed by atoms with Crippen LogP contribution in [0.2, 0.25) is 0 Å². The van der Waals surface area contributed by atoms with E-state index in [1.54, 1.807) is 19.1 Å². The molecule has 150 valence electrons. The summed E-state index contributed by atoms with van der Waals surface area (Å²) in [5.41, 5.74) is 3.43. The molecular weight excluding hydrogens is 372 g/mol. The Kier molecular flexibility index (Phi) is 5.77. The number of amides is 1. The average molecular weight is 394 g/mol. The minimum atomic E-state index is -0.481. The van der Waals surface area contributed by atoms with Gasteiger partial charge in [0, 0.05) is 30.2 Å². The summed E-state index contributed by atoms with van der Waals surface area (Å²) in [6, 6.07) is 13.9. The molecule has 0 radical (unpaired) electrons. The number of hydrogen-bond donors (Lipinski definition) is 0. The highest BCUT2D eigenvalue weighted by Crippen LogP contribution is 2.38. The van der Waals surface area contributed by atoms with Crippen LogP contribution in [0.3, 0.4) is 0 Å². The molecule has 1 atom stereocenters. The molecule has 0 aliphatic carbocycles. The van der Waals surface area contributed by atoms with E-state index in [2.05, 4.69) is 0 Å². The summed E-state index contributed by atoms with van der Waals surface area (Å²) in [7, 11) is 1.32. The maximum atomic E-state index is 13.0. The first kappa shape index (κ1) is 20.3. The lowest BCUT2D eigenvalue weighted by Crippen LogP contribution is -2.38. The van der Waals surface area contributed by atoms with E-state index in [1.165, 1.54) is 24.1 Å². The maximum absolute atomic E-state index is 13.0. The van der Waals surface area contributed by atoms with Gasteiger partial charge in [-0.25, -0.2) is 4.79 Å². The summed E-state index contributed by atoms with van der Waals surface area (Å²) in [5, 5.41) is 11.0. The summed E-state index contributed by atoms with van der Waals surface area (Å²) in [4.78, 5) is 37.6. The predicted octanol–water partition coefficient (Wildman–Crippen LogP) is 3.87. The highest BCUT2D eigenvalue weighted by molar-refractivity contribution is 5.95. The van der Waals surface area contributed by atoms with Crippen LogP contribution < -0.4 is 0 Å². The summed E-state index contributed by atoms with van der Waals surface area (Å²) in [5.74, 6) is -1.02. The first-order chi connectivity index (χ1) is 13.8. The van der Waals surface area contributed by atoms with E-state index < -0.39 is 16.8 Å². The van der Waals surface area contributed by atoms with Crippen LogP contribution in [0, 0.1) is 17.0 Å². The zero-order chi connectivity index (χ0) is 21.1. The average Bonchev–Trinajstić information content (AvgIpc) is 2.70. The van der Waals surface area contributed by atoms with Crippen LogP contribution in [0.1, 0.15) is 36.0 Å². The molecule has 0 spiro atoms. The maximum Gasteiger partial charge on any atom is 0.336 e. The third-order valence-corrected chi connectivity index (χ3v) is 5.13. The van der Waals surface area contributed by atoms with E-state index in [-0.39, 0.29) is 24.6 Å². The van der Waals surface area contributed by atoms with E-state index >= 15 is 0 Å². The van der Waals surface area contributed by atoms with Gasteiger partial charge in [-0.15, -0.1) is 0 Å². The van der Waals surface area contributed by atoms with Crippen LogP contribution in [-0.4, -0.2) is 28.8 Å². The van der Waals surface area contributed by atoms with Crippen LogP contribution in [-0.2, 0) is 20.9 Å². The van der Waals surface area contributed by atoms with Crippen molar-refractivity contribution in [3.05, 3.63) is 86.6 Å².